The van der Waals surface area contributed by atoms with Gasteiger partial charge in [0.1, 0.15) is 5.75 Å². The molecule has 0 bridgehead atoms. The van der Waals surface area contributed by atoms with Crippen LogP contribution in [0.15, 0.2) is 28.7 Å². The Morgan fingerprint density at radius 3 is 2.77 bits per heavy atom. The Balaban J connectivity index is 1.42. The van der Waals surface area contributed by atoms with Crippen LogP contribution in [0.1, 0.15) is 38.0 Å². The van der Waals surface area contributed by atoms with Crippen LogP contribution in [0.4, 0.5) is 11.7 Å². The van der Waals surface area contributed by atoms with Gasteiger partial charge >= 0.3 is 6.01 Å². The number of rotatable bonds is 6. The van der Waals surface area contributed by atoms with Gasteiger partial charge in [-0.1, -0.05) is 5.10 Å². The van der Waals surface area contributed by atoms with Crippen molar-refractivity contribution in [1.82, 2.24) is 10.2 Å². The van der Waals surface area contributed by atoms with E-state index in [1.54, 1.807) is 4.90 Å². The predicted octanol–water partition coefficient (Wildman–Crippen LogP) is 2.34. The zero-order valence-electron chi connectivity index (χ0n) is 14.5. The van der Waals surface area contributed by atoms with Crippen LogP contribution in [-0.2, 0) is 9.59 Å². The summed E-state index contributed by atoms with van der Waals surface area (Å²) in [5.41, 5.74) is 0.808. The molecule has 4 rings (SSSR count). The molecule has 1 aromatic carbocycles. The molecule has 2 fully saturated rings. The van der Waals surface area contributed by atoms with Crippen LogP contribution in [0.5, 0.6) is 5.75 Å². The van der Waals surface area contributed by atoms with E-state index in [2.05, 4.69) is 15.5 Å². The number of carbonyl (C=O) groups is 2. The van der Waals surface area contributed by atoms with Gasteiger partial charge in [-0.05, 0) is 44.0 Å². The number of nitrogens with zero attached hydrogens (tertiary/aromatic N) is 3. The number of ether oxygens (including phenoxy) is 1. The summed E-state index contributed by atoms with van der Waals surface area (Å²) in [6.07, 6.45) is 2.10. The summed E-state index contributed by atoms with van der Waals surface area (Å²) in [6.45, 7) is 2.99. The van der Waals surface area contributed by atoms with E-state index in [-0.39, 0.29) is 29.7 Å². The highest BCUT2D eigenvalue weighted by Gasteiger charge is 2.36. The first kappa shape index (κ1) is 16.6. The SMILES string of the molecule is CCOc1ccc(N2C[C@H](c3nnc(NC(=O)C4CC4)o3)CC2=O)cc1. The van der Waals surface area contributed by atoms with Gasteiger partial charge in [-0.15, -0.1) is 5.10 Å². The van der Waals surface area contributed by atoms with E-state index in [9.17, 15) is 9.59 Å². The first-order valence-corrected chi connectivity index (χ1v) is 8.81. The molecule has 2 amide bonds. The van der Waals surface area contributed by atoms with E-state index in [1.165, 1.54) is 0 Å². The molecule has 0 spiro atoms. The zero-order chi connectivity index (χ0) is 18.1. The summed E-state index contributed by atoms with van der Waals surface area (Å²) in [4.78, 5) is 25.8. The first-order valence-electron chi connectivity index (χ1n) is 8.81. The van der Waals surface area contributed by atoms with Crippen LogP contribution in [0.25, 0.3) is 0 Å². The van der Waals surface area contributed by atoms with Crippen LogP contribution >= 0.6 is 0 Å². The fourth-order valence-electron chi connectivity index (χ4n) is 3.01. The number of hydrogen-bond donors (Lipinski definition) is 1. The number of carbonyl (C=O) groups excluding carboxylic acids is 2. The Labute approximate surface area is 150 Å². The topological polar surface area (TPSA) is 97.6 Å². The van der Waals surface area contributed by atoms with E-state index in [4.69, 9.17) is 9.15 Å². The maximum Gasteiger partial charge on any atom is 0.322 e. The van der Waals surface area contributed by atoms with Gasteiger partial charge in [0.2, 0.25) is 17.7 Å². The number of hydrogen-bond acceptors (Lipinski definition) is 6. The van der Waals surface area contributed by atoms with Crippen molar-refractivity contribution >= 4 is 23.5 Å². The summed E-state index contributed by atoms with van der Waals surface area (Å²) in [6, 6.07) is 7.51. The average molecular weight is 356 g/mol. The molecular formula is C18H20N4O4. The second-order valence-corrected chi connectivity index (χ2v) is 6.54. The van der Waals surface area contributed by atoms with Gasteiger partial charge in [0.05, 0.1) is 12.5 Å². The molecule has 1 N–H and O–H groups in total. The zero-order valence-corrected chi connectivity index (χ0v) is 14.5. The number of anilines is 2. The smallest absolute Gasteiger partial charge is 0.322 e. The number of benzene rings is 1. The highest BCUT2D eigenvalue weighted by molar-refractivity contribution is 5.96. The van der Waals surface area contributed by atoms with Crippen LogP contribution < -0.4 is 15.0 Å². The fourth-order valence-corrected chi connectivity index (χ4v) is 3.01. The van der Waals surface area contributed by atoms with Crippen molar-refractivity contribution < 1.29 is 18.7 Å². The van der Waals surface area contributed by atoms with Crippen LogP contribution in [0, 0.1) is 5.92 Å². The van der Waals surface area contributed by atoms with Crippen molar-refractivity contribution in [2.24, 2.45) is 5.92 Å². The minimum atomic E-state index is -0.187. The lowest BCUT2D eigenvalue weighted by molar-refractivity contribution is -0.118. The maximum atomic E-state index is 12.4. The van der Waals surface area contributed by atoms with Gasteiger partial charge in [0, 0.05) is 24.6 Å². The lowest BCUT2D eigenvalue weighted by atomic mass is 10.1. The van der Waals surface area contributed by atoms with Crippen LogP contribution in [0.3, 0.4) is 0 Å². The average Bonchev–Trinajstić information content (AvgIpc) is 3.28. The number of amides is 2. The Morgan fingerprint density at radius 2 is 2.08 bits per heavy atom. The van der Waals surface area contributed by atoms with E-state index < -0.39 is 0 Å². The second kappa shape index (κ2) is 6.78. The standard InChI is InChI=1S/C18H20N4O4/c1-2-25-14-7-5-13(6-8-14)22-10-12(9-15(22)23)17-20-21-18(26-17)19-16(24)11-3-4-11/h5-8,11-12H,2-4,9-10H2,1H3,(H,19,21,24)/t12-/m1/s1. The summed E-state index contributed by atoms with van der Waals surface area (Å²) >= 11 is 0. The molecule has 26 heavy (non-hydrogen) atoms. The third kappa shape index (κ3) is 3.40. The maximum absolute atomic E-state index is 12.4. The highest BCUT2D eigenvalue weighted by Crippen LogP contribution is 2.33. The van der Waals surface area contributed by atoms with Crippen molar-refractivity contribution in [2.75, 3.05) is 23.4 Å². The minimum absolute atomic E-state index is 0.000857. The number of nitrogens with one attached hydrogen (secondary N) is 1. The molecule has 1 aromatic heterocycles. The summed E-state index contributed by atoms with van der Waals surface area (Å²) in [7, 11) is 0. The molecule has 8 heteroatoms. The molecule has 0 radical (unpaired) electrons. The van der Waals surface area contributed by atoms with Gasteiger partial charge in [-0.2, -0.15) is 0 Å². The molecule has 2 aromatic rings. The van der Waals surface area contributed by atoms with Gasteiger partial charge in [0.25, 0.3) is 0 Å². The molecule has 2 aliphatic rings. The molecule has 1 saturated carbocycles. The quantitative estimate of drug-likeness (QED) is 0.853. The Bertz CT molecular complexity index is 813. The first-order chi connectivity index (χ1) is 12.6. The van der Waals surface area contributed by atoms with E-state index in [0.29, 0.717) is 25.5 Å². The Kier molecular flexibility index (Phi) is 4.32. The van der Waals surface area contributed by atoms with E-state index in [0.717, 1.165) is 24.3 Å². The molecular weight excluding hydrogens is 336 g/mol. The molecule has 0 unspecified atom stereocenters. The third-order valence-corrected chi connectivity index (χ3v) is 4.55. The highest BCUT2D eigenvalue weighted by atomic mass is 16.5. The summed E-state index contributed by atoms with van der Waals surface area (Å²) in [5.74, 6) is 0.937. The summed E-state index contributed by atoms with van der Waals surface area (Å²) < 4.78 is 11.0. The predicted molar refractivity (Wildman–Crippen MR) is 93.0 cm³/mol. The molecule has 1 aliphatic carbocycles. The van der Waals surface area contributed by atoms with Gasteiger partial charge in [-0.3, -0.25) is 14.9 Å². The molecule has 1 aliphatic heterocycles. The van der Waals surface area contributed by atoms with Crippen LogP contribution in [-0.4, -0.2) is 35.2 Å². The monoisotopic (exact) mass is 356 g/mol. The summed E-state index contributed by atoms with van der Waals surface area (Å²) in [5, 5.41) is 10.5. The lowest BCUT2D eigenvalue weighted by Crippen LogP contribution is -2.24. The largest absolute Gasteiger partial charge is 0.494 e. The van der Waals surface area contributed by atoms with Gasteiger partial charge in [-0.25, -0.2) is 0 Å². The molecule has 2 heterocycles. The Hall–Kier alpha value is -2.90. The van der Waals surface area contributed by atoms with Gasteiger partial charge < -0.3 is 14.1 Å². The molecule has 1 atom stereocenters. The van der Waals surface area contributed by atoms with Crippen molar-refractivity contribution in [3.05, 3.63) is 30.2 Å². The van der Waals surface area contributed by atoms with Crippen molar-refractivity contribution in [2.45, 2.75) is 32.1 Å². The van der Waals surface area contributed by atoms with Gasteiger partial charge in [0.15, 0.2) is 0 Å². The molecule has 136 valence electrons. The normalized spacial score (nSPS) is 19.7. The third-order valence-electron chi connectivity index (χ3n) is 4.55. The van der Waals surface area contributed by atoms with Crippen molar-refractivity contribution in [3.63, 3.8) is 0 Å². The van der Waals surface area contributed by atoms with Crippen molar-refractivity contribution in [3.8, 4) is 5.75 Å². The molecule has 8 nitrogen and oxygen atoms in total. The van der Waals surface area contributed by atoms with E-state index >= 15 is 0 Å². The van der Waals surface area contributed by atoms with Crippen LogP contribution in [0.2, 0.25) is 0 Å². The van der Waals surface area contributed by atoms with E-state index in [1.807, 2.05) is 31.2 Å². The number of aromatic nitrogens is 2. The molecule has 1 saturated heterocycles. The Morgan fingerprint density at radius 1 is 1.31 bits per heavy atom. The second-order valence-electron chi connectivity index (χ2n) is 6.54. The fraction of sp³-hybridized carbons (Fsp3) is 0.444. The van der Waals surface area contributed by atoms with Crippen molar-refractivity contribution in [1.29, 1.82) is 0 Å². The minimum Gasteiger partial charge on any atom is -0.494 e. The lowest BCUT2D eigenvalue weighted by Gasteiger charge is -2.16.